The summed E-state index contributed by atoms with van der Waals surface area (Å²) in [6, 6.07) is 6.25. The first-order valence-electron chi connectivity index (χ1n) is 9.90. The Morgan fingerprint density at radius 1 is 0.857 bits per heavy atom. The van der Waals surface area contributed by atoms with Crippen LogP contribution in [0.1, 0.15) is 5.56 Å². The van der Waals surface area contributed by atoms with Crippen LogP contribution in [-0.4, -0.2) is 33.5 Å². The van der Waals surface area contributed by atoms with Gasteiger partial charge in [0.05, 0.1) is 17.9 Å². The van der Waals surface area contributed by atoms with Gasteiger partial charge < -0.3 is 38.7 Å². The fourth-order valence-corrected chi connectivity index (χ4v) is 3.77. The van der Waals surface area contributed by atoms with Crippen molar-refractivity contribution in [2.75, 3.05) is 7.11 Å². The molecule has 11 heteroatoms. The molecule has 0 saturated carbocycles. The second kappa shape index (κ2) is 7.70. The van der Waals surface area contributed by atoms with Crippen molar-refractivity contribution in [3.05, 3.63) is 62.8 Å². The van der Waals surface area contributed by atoms with Crippen LogP contribution in [0.15, 0.2) is 54.8 Å². The molecule has 0 atom stereocenters. The Morgan fingerprint density at radius 3 is 2.17 bits per heavy atom. The van der Waals surface area contributed by atoms with Gasteiger partial charge in [0.1, 0.15) is 0 Å². The molecule has 0 aliphatic carbocycles. The molecule has 0 aliphatic rings. The summed E-state index contributed by atoms with van der Waals surface area (Å²) in [4.78, 5) is 37.6. The van der Waals surface area contributed by atoms with Gasteiger partial charge >= 0.3 is 17.2 Å². The number of carbonyl (C=O) groups is 1. The van der Waals surface area contributed by atoms with Crippen LogP contribution in [0.3, 0.4) is 0 Å². The fraction of sp³-hybridized carbons (Fsp3) is 0.0417. The molecule has 2 heterocycles. The second-order valence-corrected chi connectivity index (χ2v) is 7.44. The van der Waals surface area contributed by atoms with E-state index < -0.39 is 51.4 Å². The van der Waals surface area contributed by atoms with E-state index in [1.165, 1.54) is 31.4 Å². The maximum atomic E-state index is 12.6. The third-order valence-electron chi connectivity index (χ3n) is 5.35. The van der Waals surface area contributed by atoms with E-state index in [0.29, 0.717) is 5.56 Å². The van der Waals surface area contributed by atoms with Crippen LogP contribution < -0.4 is 20.7 Å². The molecule has 3 aromatic carbocycles. The molecule has 0 unspecified atom stereocenters. The number of hydrogen-bond acceptors (Lipinski definition) is 11. The average Bonchev–Trinajstić information content (AvgIpc) is 2.83. The zero-order valence-electron chi connectivity index (χ0n) is 17.7. The van der Waals surface area contributed by atoms with Gasteiger partial charge in [-0.25, -0.2) is 14.4 Å². The van der Waals surface area contributed by atoms with Gasteiger partial charge in [-0.05, 0) is 35.9 Å². The summed E-state index contributed by atoms with van der Waals surface area (Å²) in [6.07, 6.45) is 2.36. The topological polar surface area (TPSA) is 177 Å². The van der Waals surface area contributed by atoms with E-state index in [1.54, 1.807) is 0 Å². The number of phenolic OH excluding ortho intramolecular Hbond substituents is 4. The molecule has 35 heavy (non-hydrogen) atoms. The summed E-state index contributed by atoms with van der Waals surface area (Å²) in [5.74, 6) is -3.61. The third kappa shape index (κ3) is 3.33. The summed E-state index contributed by atoms with van der Waals surface area (Å²) < 4.78 is 20.5. The highest BCUT2D eigenvalue weighted by Crippen LogP contribution is 2.45. The molecule has 2 aromatic heterocycles. The number of carbonyl (C=O) groups excluding carboxylic acids is 1. The summed E-state index contributed by atoms with van der Waals surface area (Å²) in [7, 11) is 1.36. The van der Waals surface area contributed by atoms with Crippen molar-refractivity contribution in [2.24, 2.45) is 0 Å². The molecule has 0 bridgehead atoms. The molecule has 176 valence electrons. The Bertz CT molecular complexity index is 1810. The summed E-state index contributed by atoms with van der Waals surface area (Å²) >= 11 is 0. The lowest BCUT2D eigenvalue weighted by molar-refractivity contribution is -0.129. The van der Waals surface area contributed by atoms with Crippen LogP contribution in [0.2, 0.25) is 0 Å². The third-order valence-corrected chi connectivity index (χ3v) is 5.35. The highest BCUT2D eigenvalue weighted by Gasteiger charge is 2.26. The van der Waals surface area contributed by atoms with Gasteiger partial charge in [-0.3, -0.25) is 0 Å². The van der Waals surface area contributed by atoms with E-state index in [9.17, 15) is 34.8 Å². The van der Waals surface area contributed by atoms with Gasteiger partial charge in [-0.2, -0.15) is 0 Å². The fourth-order valence-electron chi connectivity index (χ4n) is 3.77. The summed E-state index contributed by atoms with van der Waals surface area (Å²) in [5, 5.41) is 39.6. The lowest BCUT2D eigenvalue weighted by atomic mass is 10.0. The lowest BCUT2D eigenvalue weighted by Gasteiger charge is -2.13. The Labute approximate surface area is 193 Å². The molecular weight excluding hydrogens is 464 g/mol. The number of aromatic hydroxyl groups is 4. The van der Waals surface area contributed by atoms with Gasteiger partial charge in [0, 0.05) is 16.8 Å². The molecule has 0 spiro atoms. The predicted molar refractivity (Wildman–Crippen MR) is 122 cm³/mol. The Kier molecular flexibility index (Phi) is 4.76. The highest BCUT2D eigenvalue weighted by atomic mass is 16.5. The SMILES string of the molecule is COc1cc(C=CC(=O)Oc2c(O)cc3c(=O)oc4c(O)c(O)cc5c(=O)oc2c3c45)ccc1O. The minimum absolute atomic E-state index is 0.0611. The smallest absolute Gasteiger partial charge is 0.344 e. The zero-order valence-corrected chi connectivity index (χ0v) is 17.7. The van der Waals surface area contributed by atoms with Gasteiger partial charge in [0.15, 0.2) is 34.2 Å². The Hall–Kier alpha value is -5.19. The predicted octanol–water partition coefficient (Wildman–Crippen LogP) is 2.94. The second-order valence-electron chi connectivity index (χ2n) is 7.44. The quantitative estimate of drug-likeness (QED) is 0.0745. The summed E-state index contributed by atoms with van der Waals surface area (Å²) in [6.45, 7) is 0. The molecule has 4 N–H and O–H groups in total. The number of esters is 1. The van der Waals surface area contributed by atoms with Crippen molar-refractivity contribution < 1.29 is 43.5 Å². The van der Waals surface area contributed by atoms with Gasteiger partial charge in [0.2, 0.25) is 11.5 Å². The number of benzene rings is 3. The monoisotopic (exact) mass is 478 g/mol. The number of rotatable bonds is 4. The van der Waals surface area contributed by atoms with Crippen molar-refractivity contribution >= 4 is 44.8 Å². The summed E-state index contributed by atoms with van der Waals surface area (Å²) in [5.41, 5.74) is -2.45. The van der Waals surface area contributed by atoms with E-state index in [1.807, 2.05) is 0 Å². The van der Waals surface area contributed by atoms with Crippen molar-refractivity contribution in [1.29, 1.82) is 0 Å². The number of phenols is 4. The first-order chi connectivity index (χ1) is 16.7. The number of ether oxygens (including phenoxy) is 2. The zero-order chi connectivity index (χ0) is 25.0. The normalized spacial score (nSPS) is 11.7. The van der Waals surface area contributed by atoms with Gasteiger partial charge in [-0.15, -0.1) is 0 Å². The molecule has 0 amide bonds. The molecule has 0 fully saturated rings. The van der Waals surface area contributed by atoms with Crippen LogP contribution in [0.25, 0.3) is 38.8 Å². The number of hydrogen-bond donors (Lipinski definition) is 4. The van der Waals surface area contributed by atoms with Crippen LogP contribution in [0.4, 0.5) is 0 Å². The minimum Gasteiger partial charge on any atom is -0.504 e. The standard InChI is InChI=1S/C24H14O11/c1-32-15-6-9(2-4-12(15)25)3-5-16(28)33-20-14(27)8-11-18-17-10(24(31)35-22(18)20)7-13(26)19(29)21(17)34-23(11)30/h2-8,25-27,29H,1H3. The maximum Gasteiger partial charge on any atom is 0.344 e. The highest BCUT2D eigenvalue weighted by molar-refractivity contribution is 6.22. The molecule has 0 aliphatic heterocycles. The van der Waals surface area contributed by atoms with Gasteiger partial charge in [0.25, 0.3) is 0 Å². The van der Waals surface area contributed by atoms with Crippen molar-refractivity contribution in [3.63, 3.8) is 0 Å². The van der Waals surface area contributed by atoms with Crippen molar-refractivity contribution in [1.82, 2.24) is 0 Å². The van der Waals surface area contributed by atoms with E-state index in [-0.39, 0.29) is 33.0 Å². The van der Waals surface area contributed by atoms with E-state index in [4.69, 9.17) is 18.3 Å². The van der Waals surface area contributed by atoms with Crippen molar-refractivity contribution in [3.8, 4) is 34.5 Å². The molecule has 0 saturated heterocycles. The minimum atomic E-state index is -1.01. The number of methoxy groups -OCH3 is 1. The molecule has 0 radical (unpaired) electrons. The van der Waals surface area contributed by atoms with Crippen LogP contribution >= 0.6 is 0 Å². The van der Waals surface area contributed by atoms with E-state index >= 15 is 0 Å². The largest absolute Gasteiger partial charge is 0.504 e. The van der Waals surface area contributed by atoms with E-state index in [2.05, 4.69) is 0 Å². The average molecular weight is 478 g/mol. The van der Waals surface area contributed by atoms with Crippen LogP contribution in [0, 0.1) is 0 Å². The lowest BCUT2D eigenvalue weighted by Crippen LogP contribution is -2.10. The first-order valence-corrected chi connectivity index (χ1v) is 9.90. The molecule has 5 aromatic rings. The Morgan fingerprint density at radius 2 is 1.49 bits per heavy atom. The Balaban J connectivity index is 1.66. The van der Waals surface area contributed by atoms with E-state index in [0.717, 1.165) is 18.2 Å². The molecule has 5 rings (SSSR count). The van der Waals surface area contributed by atoms with Gasteiger partial charge in [-0.1, -0.05) is 6.07 Å². The maximum absolute atomic E-state index is 12.6. The first kappa shape index (κ1) is 21.6. The molecular formula is C24H14O11. The van der Waals surface area contributed by atoms with Crippen molar-refractivity contribution in [2.45, 2.75) is 0 Å². The van der Waals surface area contributed by atoms with Crippen LogP contribution in [0.5, 0.6) is 34.5 Å². The van der Waals surface area contributed by atoms with Crippen LogP contribution in [-0.2, 0) is 4.79 Å². The molecule has 11 nitrogen and oxygen atoms in total.